The van der Waals surface area contributed by atoms with Gasteiger partial charge >= 0.3 is 0 Å². The summed E-state index contributed by atoms with van der Waals surface area (Å²) in [6.07, 6.45) is 2.58. The molecule has 3 N–H and O–H groups in total. The number of nitrogen functional groups attached to an aromatic ring is 1. The number of rotatable bonds is 4. The lowest BCUT2D eigenvalue weighted by molar-refractivity contribution is -0.119. The van der Waals surface area contributed by atoms with Gasteiger partial charge in [-0.3, -0.25) is 4.79 Å². The third-order valence-electron chi connectivity index (χ3n) is 4.73. The molecule has 0 aliphatic carbocycles. The van der Waals surface area contributed by atoms with Crippen molar-refractivity contribution in [1.29, 1.82) is 0 Å². The number of hydrogen-bond donors (Lipinski definition) is 2. The van der Waals surface area contributed by atoms with Crippen LogP contribution in [0.4, 0.5) is 11.5 Å². The number of amides is 1. The Morgan fingerprint density at radius 3 is 2.43 bits per heavy atom. The zero-order chi connectivity index (χ0) is 19.8. The monoisotopic (exact) mass is 424 g/mol. The first-order valence-corrected chi connectivity index (χ1v) is 10.3. The van der Waals surface area contributed by atoms with Gasteiger partial charge in [-0.2, -0.15) is 4.31 Å². The lowest BCUT2D eigenvalue weighted by Crippen LogP contribution is -2.43. The van der Waals surface area contributed by atoms with Crippen molar-refractivity contribution in [2.75, 3.05) is 17.6 Å². The number of carbonyl (C=O) groups excluding carboxylic acids is 1. The number of aryl methyl sites for hydroxylation is 3. The SMILES string of the molecule is Cc1cc(C)c(S(=O)(=O)N2CCCC2C(=O)Nc2ccc(N)nc2)c(C)c1.Cl. The number of nitrogens with one attached hydrogen (secondary N) is 1. The molecule has 152 valence electrons. The minimum atomic E-state index is -3.77. The predicted molar refractivity (Wildman–Crippen MR) is 112 cm³/mol. The molecular formula is C19H25ClN4O3S. The maximum atomic E-state index is 13.3. The molecule has 1 aliphatic heterocycles. The molecule has 3 rings (SSSR count). The van der Waals surface area contributed by atoms with Gasteiger partial charge in [-0.25, -0.2) is 13.4 Å². The van der Waals surface area contributed by atoms with E-state index in [1.165, 1.54) is 10.5 Å². The maximum absolute atomic E-state index is 13.3. The topological polar surface area (TPSA) is 105 Å². The second kappa shape index (κ2) is 8.46. The van der Waals surface area contributed by atoms with Crippen LogP contribution >= 0.6 is 12.4 Å². The van der Waals surface area contributed by atoms with Crippen molar-refractivity contribution in [3.8, 4) is 0 Å². The van der Waals surface area contributed by atoms with E-state index in [1.807, 2.05) is 19.1 Å². The molecule has 28 heavy (non-hydrogen) atoms. The number of benzene rings is 1. The van der Waals surface area contributed by atoms with Crippen LogP contribution < -0.4 is 11.1 Å². The normalized spacial score (nSPS) is 17.2. The van der Waals surface area contributed by atoms with Gasteiger partial charge in [-0.1, -0.05) is 17.7 Å². The zero-order valence-electron chi connectivity index (χ0n) is 16.1. The number of nitrogens with zero attached hydrogens (tertiary/aromatic N) is 2. The molecule has 1 fully saturated rings. The summed E-state index contributed by atoms with van der Waals surface area (Å²) in [4.78, 5) is 17.0. The number of nitrogens with two attached hydrogens (primary N) is 1. The maximum Gasteiger partial charge on any atom is 0.244 e. The summed E-state index contributed by atoms with van der Waals surface area (Å²) < 4.78 is 28.0. The number of pyridine rings is 1. The van der Waals surface area contributed by atoms with E-state index in [0.717, 1.165) is 5.56 Å². The summed E-state index contributed by atoms with van der Waals surface area (Å²) in [5.41, 5.74) is 8.44. The quantitative estimate of drug-likeness (QED) is 0.785. The van der Waals surface area contributed by atoms with E-state index in [0.29, 0.717) is 46.9 Å². The van der Waals surface area contributed by atoms with Crippen molar-refractivity contribution in [1.82, 2.24) is 9.29 Å². The van der Waals surface area contributed by atoms with Gasteiger partial charge in [0.15, 0.2) is 0 Å². The molecule has 1 unspecified atom stereocenters. The summed E-state index contributed by atoms with van der Waals surface area (Å²) >= 11 is 0. The standard InChI is InChI=1S/C19H24N4O3S.ClH/c1-12-9-13(2)18(14(3)10-12)27(25,26)23-8-4-5-16(23)19(24)22-15-6-7-17(20)21-11-15;/h6-7,9-11,16H,4-5,8H2,1-3H3,(H2,20,21)(H,22,24);1H. The van der Waals surface area contributed by atoms with Crippen LogP contribution in [-0.2, 0) is 14.8 Å². The molecule has 1 saturated heterocycles. The number of halogens is 1. The molecule has 2 heterocycles. The van der Waals surface area contributed by atoms with Crippen molar-refractivity contribution in [3.05, 3.63) is 47.2 Å². The number of aromatic nitrogens is 1. The fourth-order valence-electron chi connectivity index (χ4n) is 3.69. The Kier molecular flexibility index (Phi) is 6.69. The summed E-state index contributed by atoms with van der Waals surface area (Å²) in [6, 6.07) is 6.18. The summed E-state index contributed by atoms with van der Waals surface area (Å²) in [5, 5.41) is 2.74. The van der Waals surface area contributed by atoms with Gasteiger partial charge in [-0.05, 0) is 56.9 Å². The van der Waals surface area contributed by atoms with Gasteiger partial charge in [-0.15, -0.1) is 12.4 Å². The lowest BCUT2D eigenvalue weighted by Gasteiger charge is -2.25. The first-order valence-electron chi connectivity index (χ1n) is 8.82. The largest absolute Gasteiger partial charge is 0.384 e. The number of sulfonamides is 1. The van der Waals surface area contributed by atoms with E-state index >= 15 is 0 Å². The molecule has 1 amide bonds. The lowest BCUT2D eigenvalue weighted by atomic mass is 10.1. The molecule has 1 atom stereocenters. The molecular weight excluding hydrogens is 400 g/mol. The Balaban J connectivity index is 0.00000280. The van der Waals surface area contributed by atoms with Crippen LogP contribution in [0.5, 0.6) is 0 Å². The fourth-order valence-corrected chi connectivity index (χ4v) is 5.76. The summed E-state index contributed by atoms with van der Waals surface area (Å²) in [6.45, 7) is 5.84. The van der Waals surface area contributed by atoms with Crippen LogP contribution in [-0.4, -0.2) is 36.2 Å². The van der Waals surface area contributed by atoms with Crippen LogP contribution in [0.25, 0.3) is 0 Å². The number of hydrogen-bond acceptors (Lipinski definition) is 5. The van der Waals surface area contributed by atoms with Crippen LogP contribution in [0.1, 0.15) is 29.5 Å². The smallest absolute Gasteiger partial charge is 0.244 e. The Morgan fingerprint density at radius 1 is 1.21 bits per heavy atom. The zero-order valence-corrected chi connectivity index (χ0v) is 17.7. The van der Waals surface area contributed by atoms with E-state index in [1.54, 1.807) is 26.0 Å². The minimum absolute atomic E-state index is 0. The highest BCUT2D eigenvalue weighted by atomic mass is 35.5. The average molecular weight is 425 g/mol. The number of anilines is 2. The Hall–Kier alpha value is -2.16. The number of carbonyl (C=O) groups is 1. The summed E-state index contributed by atoms with van der Waals surface area (Å²) in [7, 11) is -3.77. The van der Waals surface area contributed by atoms with E-state index in [2.05, 4.69) is 10.3 Å². The van der Waals surface area contributed by atoms with Crippen molar-refractivity contribution in [2.24, 2.45) is 0 Å². The van der Waals surface area contributed by atoms with E-state index in [-0.39, 0.29) is 18.3 Å². The van der Waals surface area contributed by atoms with Crippen molar-refractivity contribution >= 4 is 39.8 Å². The fraction of sp³-hybridized carbons (Fsp3) is 0.368. The van der Waals surface area contributed by atoms with Gasteiger partial charge in [0.2, 0.25) is 15.9 Å². The molecule has 0 spiro atoms. The second-order valence-corrected chi connectivity index (χ2v) is 8.79. The Bertz CT molecular complexity index is 954. The molecule has 0 bridgehead atoms. The molecule has 1 aliphatic rings. The first kappa shape index (κ1) is 22.1. The van der Waals surface area contributed by atoms with Gasteiger partial charge in [0.05, 0.1) is 16.8 Å². The molecule has 1 aromatic carbocycles. The van der Waals surface area contributed by atoms with E-state index in [9.17, 15) is 13.2 Å². The van der Waals surface area contributed by atoms with Crippen molar-refractivity contribution < 1.29 is 13.2 Å². The predicted octanol–water partition coefficient (Wildman–Crippen LogP) is 2.80. The van der Waals surface area contributed by atoms with Crippen molar-refractivity contribution in [3.63, 3.8) is 0 Å². The van der Waals surface area contributed by atoms with Crippen LogP contribution in [0.3, 0.4) is 0 Å². The van der Waals surface area contributed by atoms with E-state index < -0.39 is 16.1 Å². The minimum Gasteiger partial charge on any atom is -0.384 e. The van der Waals surface area contributed by atoms with Crippen molar-refractivity contribution in [2.45, 2.75) is 44.6 Å². The Morgan fingerprint density at radius 2 is 1.86 bits per heavy atom. The van der Waals surface area contributed by atoms with Crippen LogP contribution in [0, 0.1) is 20.8 Å². The third-order valence-corrected chi connectivity index (χ3v) is 6.95. The summed E-state index contributed by atoms with van der Waals surface area (Å²) in [5.74, 6) is -0.00606. The highest BCUT2D eigenvalue weighted by molar-refractivity contribution is 7.89. The first-order chi connectivity index (χ1) is 12.7. The Labute approximate surface area is 171 Å². The highest BCUT2D eigenvalue weighted by Crippen LogP contribution is 2.31. The average Bonchev–Trinajstić information content (AvgIpc) is 3.06. The van der Waals surface area contributed by atoms with Crippen LogP contribution in [0.2, 0.25) is 0 Å². The van der Waals surface area contributed by atoms with Gasteiger partial charge in [0.25, 0.3) is 0 Å². The third kappa shape index (κ3) is 4.29. The highest BCUT2D eigenvalue weighted by Gasteiger charge is 2.40. The molecule has 0 radical (unpaired) electrons. The molecule has 2 aromatic rings. The van der Waals surface area contributed by atoms with Gasteiger partial charge < -0.3 is 11.1 Å². The van der Waals surface area contributed by atoms with Crippen LogP contribution in [0.15, 0.2) is 35.4 Å². The van der Waals surface area contributed by atoms with Gasteiger partial charge in [0.1, 0.15) is 11.9 Å². The van der Waals surface area contributed by atoms with E-state index in [4.69, 9.17) is 5.73 Å². The van der Waals surface area contributed by atoms with Gasteiger partial charge in [0, 0.05) is 6.54 Å². The molecule has 0 saturated carbocycles. The molecule has 9 heteroatoms. The molecule has 7 nitrogen and oxygen atoms in total. The second-order valence-electron chi connectivity index (χ2n) is 6.96. The molecule has 1 aromatic heterocycles.